The van der Waals surface area contributed by atoms with Crippen molar-refractivity contribution in [2.24, 2.45) is 0 Å². The molecule has 2 aromatic rings. The first-order chi connectivity index (χ1) is 8.22. The van der Waals surface area contributed by atoms with Crippen LogP contribution in [0.2, 0.25) is 0 Å². The molecule has 5 heteroatoms. The van der Waals surface area contributed by atoms with Crippen molar-refractivity contribution in [2.75, 3.05) is 25.6 Å². The molecule has 0 unspecified atom stereocenters. The highest BCUT2D eigenvalue weighted by atomic mass is 16.5. The Balaban J connectivity index is 2.28. The number of nitrogens with one attached hydrogen (secondary N) is 1. The SMILES string of the molecule is COCCNc1ccn2ncc(C(C)=O)c2c1. The predicted octanol–water partition coefficient (Wildman–Crippen LogP) is 1.60. The lowest BCUT2D eigenvalue weighted by Crippen LogP contribution is -2.07. The van der Waals surface area contributed by atoms with Crippen molar-refractivity contribution < 1.29 is 9.53 Å². The fraction of sp³-hybridized carbons (Fsp3) is 0.333. The Hall–Kier alpha value is -1.88. The standard InChI is InChI=1S/C12H15N3O2/c1-9(16)11-8-14-15-5-3-10(7-12(11)15)13-4-6-17-2/h3,5,7-8,13H,4,6H2,1-2H3. The normalized spacial score (nSPS) is 10.7. The monoisotopic (exact) mass is 233 g/mol. The van der Waals surface area contributed by atoms with Gasteiger partial charge in [0.25, 0.3) is 0 Å². The number of Topliss-reactive ketones (excluding diaryl/α,β-unsaturated/α-hetero) is 1. The summed E-state index contributed by atoms with van der Waals surface area (Å²) in [5.74, 6) is 0.0223. The minimum Gasteiger partial charge on any atom is -0.383 e. The highest BCUT2D eigenvalue weighted by Gasteiger charge is 2.08. The Kier molecular flexibility index (Phi) is 3.39. The molecule has 2 aromatic heterocycles. The van der Waals surface area contributed by atoms with Crippen LogP contribution in [0.15, 0.2) is 24.5 Å². The number of hydrogen-bond acceptors (Lipinski definition) is 4. The third-order valence-electron chi connectivity index (χ3n) is 2.54. The summed E-state index contributed by atoms with van der Waals surface area (Å²) in [5.41, 5.74) is 2.41. The van der Waals surface area contributed by atoms with Gasteiger partial charge in [-0.15, -0.1) is 0 Å². The summed E-state index contributed by atoms with van der Waals surface area (Å²) < 4.78 is 6.66. The zero-order valence-corrected chi connectivity index (χ0v) is 9.93. The van der Waals surface area contributed by atoms with Gasteiger partial charge in [0.1, 0.15) is 0 Å². The molecule has 0 bridgehead atoms. The van der Waals surface area contributed by atoms with Crippen LogP contribution in [0.4, 0.5) is 5.69 Å². The number of anilines is 1. The lowest BCUT2D eigenvalue weighted by Gasteiger charge is -2.06. The molecule has 0 saturated heterocycles. The number of ketones is 1. The van der Waals surface area contributed by atoms with Gasteiger partial charge in [-0.05, 0) is 19.1 Å². The van der Waals surface area contributed by atoms with E-state index in [1.807, 2.05) is 18.3 Å². The first kappa shape index (κ1) is 11.6. The zero-order chi connectivity index (χ0) is 12.3. The first-order valence-corrected chi connectivity index (χ1v) is 5.43. The van der Waals surface area contributed by atoms with Crippen molar-refractivity contribution in [1.82, 2.24) is 9.61 Å². The number of methoxy groups -OCH3 is 1. The molecule has 0 saturated carbocycles. The molecule has 5 nitrogen and oxygen atoms in total. The molecule has 0 spiro atoms. The summed E-state index contributed by atoms with van der Waals surface area (Å²) in [4.78, 5) is 11.4. The number of fused-ring (bicyclic) bond motifs is 1. The summed E-state index contributed by atoms with van der Waals surface area (Å²) in [5, 5.41) is 7.34. The molecule has 2 rings (SSSR count). The van der Waals surface area contributed by atoms with E-state index in [1.165, 1.54) is 0 Å². The Bertz CT molecular complexity index is 534. The number of carbonyl (C=O) groups is 1. The average Bonchev–Trinajstić information content (AvgIpc) is 2.72. The van der Waals surface area contributed by atoms with Gasteiger partial charge in [-0.2, -0.15) is 5.10 Å². The van der Waals surface area contributed by atoms with Gasteiger partial charge in [-0.1, -0.05) is 0 Å². The summed E-state index contributed by atoms with van der Waals surface area (Å²) in [7, 11) is 1.66. The van der Waals surface area contributed by atoms with Gasteiger partial charge in [-0.3, -0.25) is 4.79 Å². The first-order valence-electron chi connectivity index (χ1n) is 5.43. The zero-order valence-electron chi connectivity index (χ0n) is 9.93. The van der Waals surface area contributed by atoms with Crippen LogP contribution in [0, 0.1) is 0 Å². The third kappa shape index (κ3) is 2.45. The van der Waals surface area contributed by atoms with Crippen LogP contribution in [0.5, 0.6) is 0 Å². The van der Waals surface area contributed by atoms with E-state index in [-0.39, 0.29) is 5.78 Å². The van der Waals surface area contributed by atoms with Crippen LogP contribution in [0.25, 0.3) is 5.52 Å². The van der Waals surface area contributed by atoms with E-state index >= 15 is 0 Å². The fourth-order valence-corrected chi connectivity index (χ4v) is 1.66. The van der Waals surface area contributed by atoms with Gasteiger partial charge >= 0.3 is 0 Å². The van der Waals surface area contributed by atoms with Crippen molar-refractivity contribution in [3.63, 3.8) is 0 Å². The van der Waals surface area contributed by atoms with Crippen LogP contribution in [-0.2, 0) is 4.74 Å². The van der Waals surface area contributed by atoms with Gasteiger partial charge in [0.15, 0.2) is 5.78 Å². The summed E-state index contributed by atoms with van der Waals surface area (Å²) in [6, 6.07) is 3.83. The van der Waals surface area contributed by atoms with Crippen LogP contribution in [0.1, 0.15) is 17.3 Å². The van der Waals surface area contributed by atoms with Crippen molar-refractivity contribution in [3.8, 4) is 0 Å². The van der Waals surface area contributed by atoms with Crippen molar-refractivity contribution in [3.05, 3.63) is 30.1 Å². The van der Waals surface area contributed by atoms with Gasteiger partial charge in [0.05, 0.1) is 23.9 Å². The topological polar surface area (TPSA) is 55.6 Å². The summed E-state index contributed by atoms with van der Waals surface area (Å²) in [6.45, 7) is 2.92. The van der Waals surface area contributed by atoms with Crippen molar-refractivity contribution in [1.29, 1.82) is 0 Å². The maximum Gasteiger partial charge on any atom is 0.163 e. The number of aromatic nitrogens is 2. The molecule has 0 aliphatic rings. The molecule has 0 atom stereocenters. The lowest BCUT2D eigenvalue weighted by atomic mass is 10.2. The molecule has 90 valence electrons. The number of pyridine rings is 1. The van der Waals surface area contributed by atoms with E-state index in [4.69, 9.17) is 4.74 Å². The second-order valence-electron chi connectivity index (χ2n) is 3.78. The second kappa shape index (κ2) is 4.97. The minimum absolute atomic E-state index is 0.0223. The van der Waals surface area contributed by atoms with Gasteiger partial charge in [0.2, 0.25) is 0 Å². The Morgan fingerprint density at radius 2 is 2.41 bits per heavy atom. The smallest absolute Gasteiger partial charge is 0.163 e. The molecule has 0 amide bonds. The van der Waals surface area contributed by atoms with E-state index < -0.39 is 0 Å². The third-order valence-corrected chi connectivity index (χ3v) is 2.54. The highest BCUT2D eigenvalue weighted by molar-refractivity contribution is 6.00. The molecular weight excluding hydrogens is 218 g/mol. The molecule has 0 fully saturated rings. The van der Waals surface area contributed by atoms with Gasteiger partial charge in [-0.25, -0.2) is 4.52 Å². The van der Waals surface area contributed by atoms with E-state index in [1.54, 1.807) is 24.7 Å². The molecule has 0 aromatic carbocycles. The number of carbonyl (C=O) groups excluding carboxylic acids is 1. The lowest BCUT2D eigenvalue weighted by molar-refractivity contribution is 0.101. The number of nitrogens with zero attached hydrogens (tertiary/aromatic N) is 2. The van der Waals surface area contributed by atoms with Gasteiger partial charge in [0, 0.05) is 25.5 Å². The van der Waals surface area contributed by atoms with Crippen LogP contribution >= 0.6 is 0 Å². The Labute approximate surface area is 99.4 Å². The highest BCUT2D eigenvalue weighted by Crippen LogP contribution is 2.16. The number of ether oxygens (including phenoxy) is 1. The number of hydrogen-bond donors (Lipinski definition) is 1. The van der Waals surface area contributed by atoms with Crippen LogP contribution < -0.4 is 5.32 Å². The van der Waals surface area contributed by atoms with E-state index in [2.05, 4.69) is 10.4 Å². The molecule has 0 aliphatic carbocycles. The van der Waals surface area contributed by atoms with E-state index in [0.29, 0.717) is 12.2 Å². The van der Waals surface area contributed by atoms with Crippen LogP contribution in [-0.4, -0.2) is 35.7 Å². The van der Waals surface area contributed by atoms with Crippen LogP contribution in [0.3, 0.4) is 0 Å². The van der Waals surface area contributed by atoms with E-state index in [0.717, 1.165) is 17.7 Å². The maximum absolute atomic E-state index is 11.4. The second-order valence-corrected chi connectivity index (χ2v) is 3.78. The molecule has 1 N–H and O–H groups in total. The van der Waals surface area contributed by atoms with Gasteiger partial charge < -0.3 is 10.1 Å². The quantitative estimate of drug-likeness (QED) is 0.629. The van der Waals surface area contributed by atoms with Crippen molar-refractivity contribution in [2.45, 2.75) is 6.92 Å². The maximum atomic E-state index is 11.4. The average molecular weight is 233 g/mol. The Morgan fingerprint density at radius 1 is 1.59 bits per heavy atom. The molecule has 17 heavy (non-hydrogen) atoms. The Morgan fingerprint density at radius 3 is 3.12 bits per heavy atom. The van der Waals surface area contributed by atoms with E-state index in [9.17, 15) is 4.79 Å². The molecule has 0 aliphatic heterocycles. The number of rotatable bonds is 5. The molecule has 2 heterocycles. The molecule has 0 radical (unpaired) electrons. The largest absolute Gasteiger partial charge is 0.383 e. The molecular formula is C12H15N3O2. The minimum atomic E-state index is 0.0223. The van der Waals surface area contributed by atoms with Crippen molar-refractivity contribution >= 4 is 17.0 Å². The fourth-order valence-electron chi connectivity index (χ4n) is 1.66. The predicted molar refractivity (Wildman–Crippen MR) is 65.6 cm³/mol. The summed E-state index contributed by atoms with van der Waals surface area (Å²) in [6.07, 6.45) is 3.42. The summed E-state index contributed by atoms with van der Waals surface area (Å²) >= 11 is 0.